The Morgan fingerprint density at radius 2 is 1.76 bits per heavy atom. The molecule has 1 aliphatic heterocycles. The van der Waals surface area contributed by atoms with E-state index in [0.717, 1.165) is 11.8 Å². The number of alkyl halides is 3. The summed E-state index contributed by atoms with van der Waals surface area (Å²) in [4.78, 5) is 39.9. The fourth-order valence-corrected chi connectivity index (χ4v) is 4.82. The van der Waals surface area contributed by atoms with Gasteiger partial charge in [0.05, 0.1) is 24.1 Å². The van der Waals surface area contributed by atoms with Crippen molar-refractivity contribution in [3.8, 4) is 5.69 Å². The van der Waals surface area contributed by atoms with Crippen LogP contribution in [0.3, 0.4) is 0 Å². The Morgan fingerprint density at radius 1 is 1.10 bits per heavy atom. The monoisotopic (exact) mass is 591 g/mol. The van der Waals surface area contributed by atoms with E-state index in [1.165, 1.54) is 24.3 Å². The molecule has 1 atom stereocenters. The predicted molar refractivity (Wildman–Crippen MR) is 145 cm³/mol. The Bertz CT molecular complexity index is 1370. The van der Waals surface area contributed by atoms with Crippen LogP contribution in [-0.4, -0.2) is 58.8 Å². The maximum absolute atomic E-state index is 14.2. The molecule has 218 valence electrons. The van der Waals surface area contributed by atoms with Crippen LogP contribution in [0.4, 0.5) is 13.2 Å². The predicted octanol–water partition coefficient (Wildman–Crippen LogP) is 3.69. The number of hydrogen-bond donors (Lipinski definition) is 3. The number of aromatic nitrogens is 2. The van der Waals surface area contributed by atoms with Crippen molar-refractivity contribution in [1.82, 2.24) is 25.7 Å². The number of piperidine rings is 1. The largest absolute Gasteiger partial charge is 0.464 e. The maximum Gasteiger partial charge on any atom is 0.434 e. The summed E-state index contributed by atoms with van der Waals surface area (Å²) in [6.07, 6.45) is -3.84. The first-order valence-corrected chi connectivity index (χ1v) is 13.4. The van der Waals surface area contributed by atoms with E-state index in [2.05, 4.69) is 21.0 Å². The van der Waals surface area contributed by atoms with Gasteiger partial charge in [0.25, 0.3) is 5.91 Å². The second kappa shape index (κ2) is 12.7. The highest BCUT2D eigenvalue weighted by atomic mass is 35.5. The third-order valence-corrected chi connectivity index (χ3v) is 7.01. The van der Waals surface area contributed by atoms with Gasteiger partial charge in [0.2, 0.25) is 5.91 Å². The van der Waals surface area contributed by atoms with E-state index in [-0.39, 0.29) is 31.6 Å². The van der Waals surface area contributed by atoms with Crippen molar-refractivity contribution in [2.75, 3.05) is 19.7 Å². The molecule has 1 unspecified atom stereocenters. The molecule has 9 nitrogen and oxygen atoms in total. The molecule has 0 saturated carbocycles. The average Bonchev–Trinajstić information content (AvgIpc) is 3.41. The summed E-state index contributed by atoms with van der Waals surface area (Å²) in [5, 5.41) is 12.5. The minimum Gasteiger partial charge on any atom is -0.464 e. The van der Waals surface area contributed by atoms with Gasteiger partial charge in [0, 0.05) is 11.4 Å². The molecule has 2 heterocycles. The normalized spacial score (nSPS) is 15.5. The van der Waals surface area contributed by atoms with Gasteiger partial charge in [0.1, 0.15) is 11.6 Å². The van der Waals surface area contributed by atoms with Crippen LogP contribution in [0.2, 0.25) is 5.02 Å². The molecule has 1 fully saturated rings. The SMILES string of the molecule is CCOC(=O)C(Cc1ccccc1)NC(=O)C1(NC(=O)c2cnn(-c3ccc(Cl)cc3)c2C(F)(F)F)CCNCC1. The third kappa shape index (κ3) is 7.06. The van der Waals surface area contributed by atoms with Crippen LogP contribution in [-0.2, 0) is 26.9 Å². The van der Waals surface area contributed by atoms with Gasteiger partial charge in [-0.25, -0.2) is 9.48 Å². The van der Waals surface area contributed by atoms with E-state index >= 15 is 0 Å². The molecular weight excluding hydrogens is 563 g/mol. The number of hydrogen-bond acceptors (Lipinski definition) is 6. The van der Waals surface area contributed by atoms with E-state index in [9.17, 15) is 27.6 Å². The molecular formula is C28H29ClF3N5O4. The number of carbonyl (C=O) groups excluding carboxylic acids is 3. The number of halogens is 4. The van der Waals surface area contributed by atoms with Crippen LogP contribution in [0.25, 0.3) is 5.69 Å². The van der Waals surface area contributed by atoms with E-state index in [4.69, 9.17) is 16.3 Å². The molecule has 2 aromatic carbocycles. The summed E-state index contributed by atoms with van der Waals surface area (Å²) in [6, 6.07) is 13.4. The second-order valence-electron chi connectivity index (χ2n) is 9.55. The molecule has 41 heavy (non-hydrogen) atoms. The number of nitrogens with one attached hydrogen (secondary N) is 3. The lowest BCUT2D eigenvalue weighted by molar-refractivity contribution is -0.148. The number of benzene rings is 2. The van der Waals surface area contributed by atoms with E-state index in [1.54, 1.807) is 31.2 Å². The number of carbonyl (C=O) groups is 3. The Labute approximate surface area is 239 Å². The first-order valence-electron chi connectivity index (χ1n) is 13.0. The lowest BCUT2D eigenvalue weighted by Gasteiger charge is -2.37. The number of rotatable bonds is 9. The highest BCUT2D eigenvalue weighted by molar-refractivity contribution is 6.30. The van der Waals surface area contributed by atoms with Gasteiger partial charge >= 0.3 is 12.1 Å². The quantitative estimate of drug-likeness (QED) is 0.327. The average molecular weight is 592 g/mol. The van der Waals surface area contributed by atoms with Gasteiger partial charge in [-0.15, -0.1) is 0 Å². The molecule has 3 aromatic rings. The Morgan fingerprint density at radius 3 is 2.37 bits per heavy atom. The van der Waals surface area contributed by atoms with Crippen molar-refractivity contribution in [2.24, 2.45) is 0 Å². The molecule has 3 N–H and O–H groups in total. The molecule has 0 spiro atoms. The topological polar surface area (TPSA) is 114 Å². The van der Waals surface area contributed by atoms with Gasteiger partial charge < -0.3 is 20.7 Å². The summed E-state index contributed by atoms with van der Waals surface area (Å²) in [6.45, 7) is 2.35. The summed E-state index contributed by atoms with van der Waals surface area (Å²) >= 11 is 5.87. The van der Waals surface area contributed by atoms with Crippen LogP contribution in [0.1, 0.15) is 41.4 Å². The lowest BCUT2D eigenvalue weighted by Crippen LogP contribution is -2.65. The fraction of sp³-hybridized carbons (Fsp3) is 0.357. The Balaban J connectivity index is 1.63. The molecule has 2 amide bonds. The van der Waals surface area contributed by atoms with Crippen LogP contribution < -0.4 is 16.0 Å². The molecule has 1 aliphatic rings. The van der Waals surface area contributed by atoms with Crippen molar-refractivity contribution < 1.29 is 32.3 Å². The van der Waals surface area contributed by atoms with Crippen molar-refractivity contribution in [3.05, 3.63) is 82.6 Å². The van der Waals surface area contributed by atoms with E-state index in [1.807, 2.05) is 6.07 Å². The summed E-state index contributed by atoms with van der Waals surface area (Å²) in [7, 11) is 0. The highest BCUT2D eigenvalue weighted by Crippen LogP contribution is 2.34. The fourth-order valence-electron chi connectivity index (χ4n) is 4.69. The smallest absolute Gasteiger partial charge is 0.434 e. The number of ether oxygens (including phenoxy) is 1. The van der Waals surface area contributed by atoms with Gasteiger partial charge in [-0.2, -0.15) is 18.3 Å². The van der Waals surface area contributed by atoms with Crippen molar-refractivity contribution in [3.63, 3.8) is 0 Å². The number of nitrogens with zero attached hydrogens (tertiary/aromatic N) is 2. The Hall–Kier alpha value is -3.90. The van der Waals surface area contributed by atoms with Crippen molar-refractivity contribution >= 4 is 29.4 Å². The van der Waals surface area contributed by atoms with Gasteiger partial charge in [-0.05, 0) is 62.7 Å². The van der Waals surface area contributed by atoms with Crippen LogP contribution >= 0.6 is 11.6 Å². The Kier molecular flexibility index (Phi) is 9.34. The molecule has 4 rings (SSSR count). The van der Waals surface area contributed by atoms with Gasteiger partial charge in [0.15, 0.2) is 5.69 Å². The van der Waals surface area contributed by atoms with E-state index in [0.29, 0.717) is 22.8 Å². The van der Waals surface area contributed by atoms with Crippen LogP contribution in [0, 0.1) is 0 Å². The molecule has 1 aromatic heterocycles. The minimum atomic E-state index is -4.95. The zero-order valence-electron chi connectivity index (χ0n) is 22.1. The molecule has 1 saturated heterocycles. The summed E-state index contributed by atoms with van der Waals surface area (Å²) < 4.78 is 48.5. The first kappa shape index (κ1) is 30.1. The van der Waals surface area contributed by atoms with Crippen LogP contribution in [0.5, 0.6) is 0 Å². The third-order valence-electron chi connectivity index (χ3n) is 6.76. The van der Waals surface area contributed by atoms with Crippen molar-refractivity contribution in [1.29, 1.82) is 0 Å². The standard InChI is InChI=1S/C28H29ClF3N5O4/c1-2-41-25(39)22(16-18-6-4-3-5-7-18)35-26(40)27(12-14-33-15-13-27)36-24(38)21-17-34-37(23(21)28(30,31)32)20-10-8-19(29)9-11-20/h3-11,17,22,33H,2,12-16H2,1H3,(H,35,40)(H,36,38). The maximum atomic E-state index is 14.2. The number of esters is 1. The molecule has 0 radical (unpaired) electrons. The summed E-state index contributed by atoms with van der Waals surface area (Å²) in [5.41, 5.74) is -2.82. The lowest BCUT2D eigenvalue weighted by atomic mass is 9.86. The molecule has 0 aliphatic carbocycles. The zero-order valence-corrected chi connectivity index (χ0v) is 22.9. The minimum absolute atomic E-state index is 0.0493. The molecule has 13 heteroatoms. The van der Waals surface area contributed by atoms with E-state index < -0.39 is 46.8 Å². The van der Waals surface area contributed by atoms with Gasteiger partial charge in [-0.3, -0.25) is 9.59 Å². The van der Waals surface area contributed by atoms with Crippen LogP contribution in [0.15, 0.2) is 60.8 Å². The highest BCUT2D eigenvalue weighted by Gasteiger charge is 2.46. The second-order valence-corrected chi connectivity index (χ2v) is 9.98. The number of amides is 2. The van der Waals surface area contributed by atoms with Gasteiger partial charge in [-0.1, -0.05) is 41.9 Å². The summed E-state index contributed by atoms with van der Waals surface area (Å²) in [5.74, 6) is -2.48. The molecule has 0 bridgehead atoms. The van der Waals surface area contributed by atoms with Crippen molar-refractivity contribution in [2.45, 2.75) is 43.9 Å². The first-order chi connectivity index (χ1) is 19.5. The zero-order chi connectivity index (χ0) is 29.6.